The number of hydrogen-bond donors (Lipinski definition) is 1. The summed E-state index contributed by atoms with van der Waals surface area (Å²) in [7, 11) is -3.17. The van der Waals surface area contributed by atoms with E-state index < -0.39 is 20.5 Å². The van der Waals surface area contributed by atoms with Gasteiger partial charge in [-0.2, -0.15) is 0 Å². The Hall–Kier alpha value is -2.98. The Morgan fingerprint density at radius 2 is 2.00 bits per heavy atom. The molecule has 0 bridgehead atoms. The molecule has 5 rings (SSSR count). The summed E-state index contributed by atoms with van der Waals surface area (Å²) in [6, 6.07) is 6.94. The van der Waals surface area contributed by atoms with E-state index in [2.05, 4.69) is 10.3 Å². The van der Waals surface area contributed by atoms with Crippen LogP contribution in [0.15, 0.2) is 58.2 Å². The first kappa shape index (κ1) is 23.7. The van der Waals surface area contributed by atoms with E-state index in [1.54, 1.807) is 33.6 Å². The highest BCUT2D eigenvalue weighted by atomic mass is 35.5. The topological polar surface area (TPSA) is 112 Å². The molecule has 3 heterocycles. The summed E-state index contributed by atoms with van der Waals surface area (Å²) in [4.78, 5) is 36.1. The number of nitrogens with one attached hydrogen (secondary N) is 1. The molecule has 1 aromatic rings. The van der Waals surface area contributed by atoms with Crippen LogP contribution in [0.25, 0.3) is 0 Å². The Bertz CT molecular complexity index is 1300. The lowest BCUT2D eigenvalue weighted by Crippen LogP contribution is -2.44. The van der Waals surface area contributed by atoms with Gasteiger partial charge in [-0.25, -0.2) is 18.4 Å². The Morgan fingerprint density at radius 3 is 2.71 bits per heavy atom. The molecule has 2 atom stereocenters. The first-order valence-electron chi connectivity index (χ1n) is 11.5. The fourth-order valence-corrected chi connectivity index (χ4v) is 6.29. The van der Waals surface area contributed by atoms with Crippen molar-refractivity contribution in [2.75, 3.05) is 37.8 Å². The van der Waals surface area contributed by atoms with Gasteiger partial charge in [-0.15, -0.1) is 0 Å². The van der Waals surface area contributed by atoms with Gasteiger partial charge in [-0.1, -0.05) is 6.08 Å². The van der Waals surface area contributed by atoms with Crippen molar-refractivity contribution in [1.82, 2.24) is 9.32 Å². The SMILES string of the molecule is CS(=O)(=O)C1CCN(C(=O)c2ccc(NC3=NCC45CC(=O)CCN(Cl)C4=CC=CC5=N3)cc2)C1. The highest BCUT2D eigenvalue weighted by molar-refractivity contribution is 7.91. The van der Waals surface area contributed by atoms with E-state index in [-0.39, 0.29) is 18.2 Å². The molecule has 1 aromatic carbocycles. The quantitative estimate of drug-likeness (QED) is 0.619. The monoisotopic (exact) mass is 515 g/mol. The summed E-state index contributed by atoms with van der Waals surface area (Å²) in [6.07, 6.45) is 8.08. The Morgan fingerprint density at radius 1 is 1.23 bits per heavy atom. The van der Waals surface area contributed by atoms with Crippen molar-refractivity contribution in [3.63, 3.8) is 0 Å². The maximum atomic E-state index is 12.8. The molecule has 3 aliphatic heterocycles. The lowest BCUT2D eigenvalue weighted by molar-refractivity contribution is -0.119. The van der Waals surface area contributed by atoms with Gasteiger partial charge in [-0.05, 0) is 42.8 Å². The number of hydrogen-bond acceptors (Lipinski definition) is 8. The zero-order chi connectivity index (χ0) is 24.8. The van der Waals surface area contributed by atoms with E-state index >= 15 is 0 Å². The molecule has 0 aromatic heterocycles. The van der Waals surface area contributed by atoms with Gasteiger partial charge in [-0.3, -0.25) is 14.0 Å². The summed E-state index contributed by atoms with van der Waals surface area (Å²) < 4.78 is 25.2. The molecule has 4 aliphatic rings. The number of aliphatic imine (C=N–C) groups is 2. The van der Waals surface area contributed by atoms with Crippen molar-refractivity contribution < 1.29 is 18.0 Å². The molecule has 0 radical (unpaired) electrons. The molecule has 9 nitrogen and oxygen atoms in total. The zero-order valence-electron chi connectivity index (χ0n) is 19.3. The second-order valence-electron chi connectivity index (χ2n) is 9.37. The van der Waals surface area contributed by atoms with Gasteiger partial charge < -0.3 is 10.2 Å². The number of sulfone groups is 1. The number of nitrogens with zero attached hydrogens (tertiary/aromatic N) is 4. The number of benzene rings is 1. The third-order valence-corrected chi connectivity index (χ3v) is 8.93. The van der Waals surface area contributed by atoms with Crippen LogP contribution >= 0.6 is 11.8 Å². The normalized spacial score (nSPS) is 26.3. The van der Waals surface area contributed by atoms with Crippen LogP contribution in [0.2, 0.25) is 0 Å². The molecule has 1 spiro atoms. The molecule has 2 fully saturated rings. The largest absolute Gasteiger partial charge is 0.337 e. The smallest absolute Gasteiger partial charge is 0.253 e. The van der Waals surface area contributed by atoms with Gasteiger partial charge >= 0.3 is 0 Å². The molecule has 2 unspecified atom stereocenters. The van der Waals surface area contributed by atoms with Gasteiger partial charge in [0.05, 0.1) is 22.9 Å². The fraction of sp³-hybridized carbons (Fsp3) is 0.417. The first-order chi connectivity index (χ1) is 16.7. The predicted molar refractivity (Wildman–Crippen MR) is 135 cm³/mol. The highest BCUT2D eigenvalue weighted by Crippen LogP contribution is 2.43. The number of halogens is 1. The second-order valence-corrected chi connectivity index (χ2v) is 12.1. The maximum Gasteiger partial charge on any atom is 0.253 e. The summed E-state index contributed by atoms with van der Waals surface area (Å²) in [5.74, 6) is 0.369. The van der Waals surface area contributed by atoms with E-state index in [1.807, 2.05) is 18.2 Å². The standard InChI is InChI=1S/C24H26ClN5O4S/c1-35(33,34)19-10-11-29(14-19)22(32)16-5-7-17(8-6-16)27-23-26-15-24-13-18(31)9-12-30(25)21(24)4-2-3-20(24)28-23/h2-8,19H,9-15H2,1H3,(H,26,27). The number of carbonyl (C=O) groups excluding carboxylic acids is 2. The fourth-order valence-electron chi connectivity index (χ4n) is 5.00. The van der Waals surface area contributed by atoms with Gasteiger partial charge in [0, 0.05) is 67.5 Å². The number of likely N-dealkylation sites (tertiary alicyclic amines) is 1. The van der Waals surface area contributed by atoms with E-state index in [1.165, 1.54) is 6.26 Å². The molecule has 2 saturated heterocycles. The van der Waals surface area contributed by atoms with Crippen molar-refractivity contribution in [2.45, 2.75) is 24.5 Å². The number of amides is 1. The van der Waals surface area contributed by atoms with Crippen LogP contribution in [-0.2, 0) is 14.6 Å². The number of Topliss-reactive ketones (excluding diaryl/α,β-unsaturated/α-hetero) is 1. The summed E-state index contributed by atoms with van der Waals surface area (Å²) >= 11 is 6.46. The van der Waals surface area contributed by atoms with E-state index in [4.69, 9.17) is 16.8 Å². The number of anilines is 1. The van der Waals surface area contributed by atoms with Gasteiger partial charge in [0.15, 0.2) is 9.84 Å². The first-order valence-corrected chi connectivity index (χ1v) is 13.8. The van der Waals surface area contributed by atoms with Crippen molar-refractivity contribution in [2.24, 2.45) is 15.4 Å². The van der Waals surface area contributed by atoms with Crippen LogP contribution in [0.1, 0.15) is 29.6 Å². The van der Waals surface area contributed by atoms with E-state index in [9.17, 15) is 18.0 Å². The third kappa shape index (κ3) is 4.52. The van der Waals surface area contributed by atoms with Crippen LogP contribution in [0.5, 0.6) is 0 Å². The number of rotatable bonds is 3. The Balaban J connectivity index is 1.29. The van der Waals surface area contributed by atoms with E-state index in [0.717, 1.165) is 11.4 Å². The molecular formula is C24H26ClN5O4S. The Labute approximate surface area is 209 Å². The molecule has 11 heteroatoms. The number of allylic oxidation sites excluding steroid dienone is 3. The highest BCUT2D eigenvalue weighted by Gasteiger charge is 2.47. The minimum atomic E-state index is -3.17. The number of ketones is 1. The van der Waals surface area contributed by atoms with Gasteiger partial charge in [0.2, 0.25) is 5.96 Å². The summed E-state index contributed by atoms with van der Waals surface area (Å²) in [5.41, 5.74) is 2.14. The summed E-state index contributed by atoms with van der Waals surface area (Å²) in [6.45, 7) is 1.46. The molecule has 35 heavy (non-hydrogen) atoms. The van der Waals surface area contributed by atoms with Crippen LogP contribution in [0.3, 0.4) is 0 Å². The van der Waals surface area contributed by atoms with Crippen molar-refractivity contribution in [3.8, 4) is 0 Å². The molecular weight excluding hydrogens is 490 g/mol. The van der Waals surface area contributed by atoms with E-state index in [0.29, 0.717) is 56.1 Å². The molecule has 184 valence electrons. The molecule has 0 saturated carbocycles. The average Bonchev–Trinajstić information content (AvgIpc) is 3.29. The van der Waals surface area contributed by atoms with Crippen molar-refractivity contribution >= 4 is 50.7 Å². The van der Waals surface area contributed by atoms with Crippen LogP contribution in [-0.4, -0.2) is 78.8 Å². The molecule has 1 aliphatic carbocycles. The average molecular weight is 516 g/mol. The molecule has 1 N–H and O–H groups in total. The van der Waals surface area contributed by atoms with Crippen molar-refractivity contribution in [3.05, 3.63) is 53.8 Å². The van der Waals surface area contributed by atoms with Gasteiger partial charge in [0.1, 0.15) is 5.78 Å². The van der Waals surface area contributed by atoms with Gasteiger partial charge in [0.25, 0.3) is 5.91 Å². The third-order valence-electron chi connectivity index (χ3n) is 6.99. The lowest BCUT2D eigenvalue weighted by atomic mass is 9.72. The maximum absolute atomic E-state index is 12.8. The Kier molecular flexibility index (Phi) is 6.04. The second kappa shape index (κ2) is 8.91. The minimum Gasteiger partial charge on any atom is -0.337 e. The van der Waals surface area contributed by atoms with Crippen molar-refractivity contribution in [1.29, 1.82) is 0 Å². The van der Waals surface area contributed by atoms with Crippen LogP contribution in [0, 0.1) is 5.41 Å². The minimum absolute atomic E-state index is 0.134. The number of guanidine groups is 1. The number of carbonyl (C=O) groups is 2. The summed E-state index contributed by atoms with van der Waals surface area (Å²) in [5, 5.41) is 2.68. The van der Waals surface area contributed by atoms with Crippen LogP contribution < -0.4 is 5.32 Å². The van der Waals surface area contributed by atoms with Crippen LogP contribution in [0.4, 0.5) is 5.69 Å². The molecule has 1 amide bonds. The lowest BCUT2D eigenvalue weighted by Gasteiger charge is -2.39. The zero-order valence-corrected chi connectivity index (χ0v) is 20.8. The predicted octanol–water partition coefficient (Wildman–Crippen LogP) is 2.43.